The molecule has 2 fully saturated rings. The van der Waals surface area contributed by atoms with E-state index in [9.17, 15) is 13.6 Å². The molecular weight excluding hydrogens is 456 g/mol. The number of piperidine rings is 1. The van der Waals surface area contributed by atoms with Crippen molar-refractivity contribution in [3.63, 3.8) is 0 Å². The van der Waals surface area contributed by atoms with Crippen molar-refractivity contribution < 1.29 is 23.0 Å². The zero-order valence-electron chi connectivity index (χ0n) is 19.8. The van der Waals surface area contributed by atoms with Gasteiger partial charge in [0.05, 0.1) is 37.3 Å². The lowest BCUT2D eigenvalue weighted by Crippen LogP contribution is -2.52. The molecule has 1 unspecified atom stereocenters. The number of benzene rings is 1. The lowest BCUT2D eigenvalue weighted by molar-refractivity contribution is 0.0136. The van der Waals surface area contributed by atoms with Gasteiger partial charge in [0, 0.05) is 49.2 Å². The molecule has 0 spiro atoms. The van der Waals surface area contributed by atoms with E-state index >= 15 is 0 Å². The summed E-state index contributed by atoms with van der Waals surface area (Å²) in [5.74, 6) is -1.55. The normalized spacial score (nSPS) is 19.2. The minimum atomic E-state index is -0.749. The maximum Gasteiger partial charge on any atom is 0.339 e. The molecule has 0 aliphatic carbocycles. The number of esters is 1. The fourth-order valence-electron chi connectivity index (χ4n) is 4.85. The lowest BCUT2D eigenvalue weighted by atomic mass is 10.0. The topological polar surface area (TPSA) is 80.7 Å². The van der Waals surface area contributed by atoms with Gasteiger partial charge in [0.2, 0.25) is 5.95 Å². The van der Waals surface area contributed by atoms with E-state index in [0.717, 1.165) is 58.3 Å². The van der Waals surface area contributed by atoms with Gasteiger partial charge in [-0.3, -0.25) is 4.90 Å². The van der Waals surface area contributed by atoms with Crippen LogP contribution in [0, 0.1) is 18.6 Å². The Morgan fingerprint density at radius 1 is 1.11 bits per heavy atom. The molecule has 1 aromatic carbocycles. The third-order valence-electron chi connectivity index (χ3n) is 6.70. The van der Waals surface area contributed by atoms with Crippen LogP contribution in [0.25, 0.3) is 22.3 Å². The van der Waals surface area contributed by atoms with Crippen LogP contribution in [0.5, 0.6) is 0 Å². The van der Waals surface area contributed by atoms with E-state index in [4.69, 9.17) is 19.4 Å². The van der Waals surface area contributed by atoms with E-state index in [2.05, 4.69) is 14.8 Å². The summed E-state index contributed by atoms with van der Waals surface area (Å²) >= 11 is 0. The Balaban J connectivity index is 1.61. The maximum atomic E-state index is 14.9. The standard InChI is InChI=1S/C25H27F2N5O3/c1-15-19(24(33)34-2)13-20-22(18-6-5-16(26)12-21(18)27)29-25(30-23(20)28-15)32-7-3-4-17(14-32)31-8-10-35-11-9-31/h5-6,12-13,17H,3-4,7-11,14H2,1-2H3. The van der Waals surface area contributed by atoms with Gasteiger partial charge in [-0.2, -0.15) is 4.98 Å². The molecule has 10 heteroatoms. The van der Waals surface area contributed by atoms with Crippen molar-refractivity contribution in [3.05, 3.63) is 47.2 Å². The van der Waals surface area contributed by atoms with Crippen molar-refractivity contribution in [2.45, 2.75) is 25.8 Å². The van der Waals surface area contributed by atoms with Crippen LogP contribution in [0.15, 0.2) is 24.3 Å². The van der Waals surface area contributed by atoms with Crippen LogP contribution in [-0.2, 0) is 9.47 Å². The molecule has 35 heavy (non-hydrogen) atoms. The predicted molar refractivity (Wildman–Crippen MR) is 126 cm³/mol. The van der Waals surface area contributed by atoms with Gasteiger partial charge < -0.3 is 14.4 Å². The summed E-state index contributed by atoms with van der Waals surface area (Å²) in [5.41, 5.74) is 1.40. The average Bonchev–Trinajstić information content (AvgIpc) is 2.88. The summed E-state index contributed by atoms with van der Waals surface area (Å²) in [5, 5.41) is 0.395. The van der Waals surface area contributed by atoms with E-state index in [1.165, 1.54) is 19.2 Å². The van der Waals surface area contributed by atoms with Crippen LogP contribution in [0.3, 0.4) is 0 Å². The lowest BCUT2D eigenvalue weighted by Gasteiger charge is -2.40. The number of hydrogen-bond acceptors (Lipinski definition) is 8. The maximum absolute atomic E-state index is 14.9. The molecular formula is C25H27F2N5O3. The van der Waals surface area contributed by atoms with Gasteiger partial charge in [0.25, 0.3) is 0 Å². The van der Waals surface area contributed by atoms with E-state index in [0.29, 0.717) is 28.7 Å². The fraction of sp³-hybridized carbons (Fsp3) is 0.440. The number of aryl methyl sites for hydroxylation is 1. The number of ether oxygens (including phenoxy) is 2. The van der Waals surface area contributed by atoms with E-state index in [-0.39, 0.29) is 16.8 Å². The first-order valence-corrected chi connectivity index (χ1v) is 11.7. The van der Waals surface area contributed by atoms with Crippen molar-refractivity contribution in [2.75, 3.05) is 51.4 Å². The molecule has 2 aliphatic rings. The molecule has 2 aromatic heterocycles. The molecule has 0 amide bonds. The number of nitrogens with zero attached hydrogens (tertiary/aromatic N) is 5. The predicted octanol–water partition coefficient (Wildman–Crippen LogP) is 3.37. The van der Waals surface area contributed by atoms with Crippen LogP contribution in [-0.4, -0.2) is 78.4 Å². The van der Waals surface area contributed by atoms with Gasteiger partial charge in [-0.15, -0.1) is 0 Å². The van der Waals surface area contributed by atoms with Crippen LogP contribution in [0.2, 0.25) is 0 Å². The number of carbonyl (C=O) groups is 1. The van der Waals surface area contributed by atoms with Gasteiger partial charge in [0.15, 0.2) is 5.65 Å². The van der Waals surface area contributed by atoms with Crippen molar-refractivity contribution in [2.24, 2.45) is 0 Å². The zero-order chi connectivity index (χ0) is 24.5. The summed E-state index contributed by atoms with van der Waals surface area (Å²) in [6.07, 6.45) is 2.04. The summed E-state index contributed by atoms with van der Waals surface area (Å²) in [6, 6.07) is 5.26. The Morgan fingerprint density at radius 3 is 2.66 bits per heavy atom. The molecule has 5 rings (SSSR count). The third-order valence-corrected chi connectivity index (χ3v) is 6.70. The van der Waals surface area contributed by atoms with Gasteiger partial charge >= 0.3 is 5.97 Å². The number of anilines is 1. The fourth-order valence-corrected chi connectivity index (χ4v) is 4.85. The molecule has 4 heterocycles. The second-order valence-corrected chi connectivity index (χ2v) is 8.87. The summed E-state index contributed by atoms with van der Waals surface area (Å²) < 4.78 is 38.9. The quantitative estimate of drug-likeness (QED) is 0.523. The van der Waals surface area contributed by atoms with E-state index < -0.39 is 17.6 Å². The SMILES string of the molecule is COC(=O)c1cc2c(-c3ccc(F)cc3F)nc(N3CCCC(N4CCOCC4)C3)nc2nc1C. The highest BCUT2D eigenvalue weighted by Crippen LogP contribution is 2.32. The number of fused-ring (bicyclic) bond motifs is 1. The Labute approximate surface area is 201 Å². The highest BCUT2D eigenvalue weighted by atomic mass is 19.1. The molecule has 1 atom stereocenters. The van der Waals surface area contributed by atoms with Crippen LogP contribution >= 0.6 is 0 Å². The monoisotopic (exact) mass is 483 g/mol. The van der Waals surface area contributed by atoms with Gasteiger partial charge in [-0.1, -0.05) is 0 Å². The number of morpholine rings is 1. The second kappa shape index (κ2) is 9.79. The van der Waals surface area contributed by atoms with Crippen molar-refractivity contribution in [3.8, 4) is 11.3 Å². The molecule has 0 bridgehead atoms. The number of hydrogen-bond donors (Lipinski definition) is 0. The number of halogens is 2. The number of aromatic nitrogens is 3. The summed E-state index contributed by atoms with van der Waals surface area (Å²) in [4.78, 5) is 30.8. The Morgan fingerprint density at radius 2 is 1.91 bits per heavy atom. The molecule has 0 saturated carbocycles. The number of pyridine rings is 1. The number of rotatable bonds is 4. The third kappa shape index (κ3) is 4.68. The van der Waals surface area contributed by atoms with Crippen LogP contribution in [0.1, 0.15) is 28.9 Å². The van der Waals surface area contributed by atoms with Crippen LogP contribution in [0.4, 0.5) is 14.7 Å². The Kier molecular flexibility index (Phi) is 6.57. The average molecular weight is 484 g/mol. The molecule has 8 nitrogen and oxygen atoms in total. The highest BCUT2D eigenvalue weighted by molar-refractivity contribution is 5.98. The summed E-state index contributed by atoms with van der Waals surface area (Å²) in [7, 11) is 1.29. The number of carbonyl (C=O) groups excluding carboxylic acids is 1. The van der Waals surface area contributed by atoms with Crippen molar-refractivity contribution >= 4 is 23.0 Å². The Hall–Kier alpha value is -3.24. The van der Waals surface area contributed by atoms with E-state index in [1.54, 1.807) is 13.0 Å². The zero-order valence-corrected chi connectivity index (χ0v) is 19.8. The van der Waals surface area contributed by atoms with Crippen molar-refractivity contribution in [1.82, 2.24) is 19.9 Å². The Bertz CT molecular complexity index is 1270. The van der Waals surface area contributed by atoms with Gasteiger partial charge in [-0.25, -0.2) is 23.5 Å². The first-order valence-electron chi connectivity index (χ1n) is 11.7. The molecule has 0 radical (unpaired) electrons. The first-order chi connectivity index (χ1) is 16.9. The molecule has 2 aliphatic heterocycles. The number of methoxy groups -OCH3 is 1. The summed E-state index contributed by atoms with van der Waals surface area (Å²) in [6.45, 7) is 6.42. The molecule has 3 aromatic rings. The van der Waals surface area contributed by atoms with Crippen LogP contribution < -0.4 is 4.90 Å². The molecule has 184 valence electrons. The largest absolute Gasteiger partial charge is 0.465 e. The van der Waals surface area contributed by atoms with Gasteiger partial charge in [0.1, 0.15) is 11.6 Å². The molecule has 0 N–H and O–H groups in total. The second-order valence-electron chi connectivity index (χ2n) is 8.87. The van der Waals surface area contributed by atoms with E-state index in [1.807, 2.05) is 0 Å². The van der Waals surface area contributed by atoms with Gasteiger partial charge in [-0.05, 0) is 38.0 Å². The molecule has 2 saturated heterocycles. The minimum absolute atomic E-state index is 0.114. The van der Waals surface area contributed by atoms with Crippen molar-refractivity contribution in [1.29, 1.82) is 0 Å². The highest BCUT2D eigenvalue weighted by Gasteiger charge is 2.29. The minimum Gasteiger partial charge on any atom is -0.465 e. The first kappa shape index (κ1) is 23.5. The smallest absolute Gasteiger partial charge is 0.339 e.